The molecule has 4 aromatic rings. The van der Waals surface area contributed by atoms with Crippen LogP contribution in [-0.2, 0) is 4.79 Å². The SMILES string of the molecule is C[C@H](NC(=O)CSc1nc2scc(-c3cccs3)c2c(=O)n1-c1ccccc1)[C@@H]1C[C@H]2CC[C@H]1C2. The molecule has 1 aromatic carbocycles. The van der Waals surface area contributed by atoms with Crippen molar-refractivity contribution in [3.05, 3.63) is 63.6 Å². The van der Waals surface area contributed by atoms with Gasteiger partial charge in [-0.2, -0.15) is 0 Å². The van der Waals surface area contributed by atoms with Gasteiger partial charge in [-0.1, -0.05) is 42.4 Å². The van der Waals surface area contributed by atoms with Crippen molar-refractivity contribution in [3.8, 4) is 16.1 Å². The van der Waals surface area contributed by atoms with E-state index in [0.717, 1.165) is 28.0 Å². The second-order valence-electron chi connectivity index (χ2n) is 9.66. The highest BCUT2D eigenvalue weighted by atomic mass is 32.2. The zero-order valence-electron chi connectivity index (χ0n) is 19.5. The molecule has 4 atom stereocenters. The van der Waals surface area contributed by atoms with Crippen molar-refractivity contribution in [2.45, 2.75) is 43.8 Å². The predicted molar refractivity (Wildman–Crippen MR) is 146 cm³/mol. The van der Waals surface area contributed by atoms with Crippen LogP contribution in [0.5, 0.6) is 0 Å². The number of rotatable bonds is 7. The molecule has 2 aliphatic carbocycles. The van der Waals surface area contributed by atoms with Crippen molar-refractivity contribution < 1.29 is 4.79 Å². The van der Waals surface area contributed by atoms with Crippen LogP contribution in [0.25, 0.3) is 26.3 Å². The maximum atomic E-state index is 13.8. The Hall–Kier alpha value is -2.42. The van der Waals surface area contributed by atoms with Crippen LogP contribution in [0.1, 0.15) is 32.6 Å². The van der Waals surface area contributed by atoms with E-state index in [9.17, 15) is 9.59 Å². The molecule has 2 saturated carbocycles. The van der Waals surface area contributed by atoms with Crippen molar-refractivity contribution in [2.24, 2.45) is 17.8 Å². The number of carbonyl (C=O) groups is 1. The van der Waals surface area contributed by atoms with Crippen LogP contribution in [0.15, 0.2) is 63.2 Å². The summed E-state index contributed by atoms with van der Waals surface area (Å²) in [7, 11) is 0. The lowest BCUT2D eigenvalue weighted by atomic mass is 9.84. The molecule has 2 bridgehead atoms. The Morgan fingerprint density at radius 2 is 2.03 bits per heavy atom. The number of benzene rings is 1. The predicted octanol–water partition coefficient (Wildman–Crippen LogP) is 6.21. The number of hydrogen-bond donors (Lipinski definition) is 1. The molecule has 6 rings (SSSR count). The standard InChI is InChI=1S/C27H27N3O2S3/c1-16(20-13-17-9-10-18(20)12-17)28-23(31)15-35-27-29-25-24(21(14-34-25)22-8-5-11-33-22)26(32)30(27)19-6-3-2-4-7-19/h2-8,11,14,16-18,20H,9-10,12-13,15H2,1H3,(H,28,31)/t16-,17-,18-,20-/m0/s1. The molecule has 1 amide bonds. The first-order valence-corrected chi connectivity index (χ1v) is 14.9. The molecule has 180 valence electrons. The van der Waals surface area contributed by atoms with E-state index in [1.807, 2.05) is 53.2 Å². The fraction of sp³-hybridized carbons (Fsp3) is 0.370. The molecule has 0 saturated heterocycles. The number of amides is 1. The second kappa shape index (κ2) is 9.56. The topological polar surface area (TPSA) is 64.0 Å². The molecule has 8 heteroatoms. The summed E-state index contributed by atoms with van der Waals surface area (Å²) in [4.78, 5) is 33.4. The van der Waals surface area contributed by atoms with Gasteiger partial charge in [0.1, 0.15) is 4.83 Å². The van der Waals surface area contributed by atoms with Crippen LogP contribution in [0, 0.1) is 17.8 Å². The van der Waals surface area contributed by atoms with Crippen LogP contribution in [0.3, 0.4) is 0 Å². The summed E-state index contributed by atoms with van der Waals surface area (Å²) in [5.41, 5.74) is 1.59. The lowest BCUT2D eigenvalue weighted by Crippen LogP contribution is -2.41. The van der Waals surface area contributed by atoms with Gasteiger partial charge in [-0.15, -0.1) is 22.7 Å². The molecule has 0 unspecified atom stereocenters. The molecule has 2 fully saturated rings. The third-order valence-electron chi connectivity index (χ3n) is 7.53. The maximum absolute atomic E-state index is 13.8. The Morgan fingerprint density at radius 1 is 1.17 bits per heavy atom. The van der Waals surface area contributed by atoms with E-state index >= 15 is 0 Å². The number of thioether (sulfide) groups is 1. The first kappa shape index (κ1) is 23.0. The highest BCUT2D eigenvalue weighted by molar-refractivity contribution is 7.99. The summed E-state index contributed by atoms with van der Waals surface area (Å²) in [6.07, 6.45) is 5.25. The zero-order chi connectivity index (χ0) is 23.9. The summed E-state index contributed by atoms with van der Waals surface area (Å²) >= 11 is 4.43. The first-order valence-electron chi connectivity index (χ1n) is 12.1. The molecule has 0 radical (unpaired) electrons. The van der Waals surface area contributed by atoms with E-state index in [4.69, 9.17) is 4.98 Å². The first-order chi connectivity index (χ1) is 17.1. The number of aromatic nitrogens is 2. The van der Waals surface area contributed by atoms with E-state index in [1.165, 1.54) is 48.8 Å². The Kier molecular flexibility index (Phi) is 6.28. The van der Waals surface area contributed by atoms with E-state index in [0.29, 0.717) is 21.3 Å². The van der Waals surface area contributed by atoms with E-state index in [1.54, 1.807) is 15.9 Å². The van der Waals surface area contributed by atoms with Crippen LogP contribution in [0.4, 0.5) is 0 Å². The minimum Gasteiger partial charge on any atom is -0.353 e. The normalized spacial score (nSPS) is 22.0. The Balaban J connectivity index is 1.28. The van der Waals surface area contributed by atoms with Gasteiger partial charge in [-0.25, -0.2) is 4.98 Å². The number of hydrogen-bond acceptors (Lipinski definition) is 6. The van der Waals surface area contributed by atoms with Gasteiger partial charge in [-0.3, -0.25) is 14.2 Å². The second-order valence-corrected chi connectivity index (χ2v) is 12.4. The van der Waals surface area contributed by atoms with Crippen LogP contribution < -0.4 is 10.9 Å². The molecular formula is C27H27N3O2S3. The third kappa shape index (κ3) is 4.36. The number of nitrogens with one attached hydrogen (secondary N) is 1. The van der Waals surface area contributed by atoms with Gasteiger partial charge in [0, 0.05) is 21.9 Å². The van der Waals surface area contributed by atoms with Gasteiger partial charge >= 0.3 is 0 Å². The highest BCUT2D eigenvalue weighted by Gasteiger charge is 2.42. The van der Waals surface area contributed by atoms with Crippen molar-refractivity contribution in [3.63, 3.8) is 0 Å². The van der Waals surface area contributed by atoms with Crippen molar-refractivity contribution >= 4 is 50.6 Å². The van der Waals surface area contributed by atoms with E-state index in [2.05, 4.69) is 12.2 Å². The molecule has 0 spiro atoms. The Bertz CT molecular complexity index is 1410. The summed E-state index contributed by atoms with van der Waals surface area (Å²) in [6.45, 7) is 2.15. The summed E-state index contributed by atoms with van der Waals surface area (Å²) < 4.78 is 1.66. The minimum absolute atomic E-state index is 0.00434. The van der Waals surface area contributed by atoms with Crippen molar-refractivity contribution in [1.29, 1.82) is 0 Å². The van der Waals surface area contributed by atoms with Gasteiger partial charge in [0.25, 0.3) is 5.56 Å². The van der Waals surface area contributed by atoms with E-state index in [-0.39, 0.29) is 23.3 Å². The quantitative estimate of drug-likeness (QED) is 0.232. The lowest BCUT2D eigenvalue weighted by molar-refractivity contribution is -0.119. The number of para-hydroxylation sites is 1. The molecule has 35 heavy (non-hydrogen) atoms. The summed E-state index contributed by atoms with van der Waals surface area (Å²) in [5, 5.41) is 8.46. The van der Waals surface area contributed by atoms with Crippen molar-refractivity contribution in [1.82, 2.24) is 14.9 Å². The number of fused-ring (bicyclic) bond motifs is 3. The Labute approximate surface area is 216 Å². The largest absolute Gasteiger partial charge is 0.353 e. The molecule has 0 aliphatic heterocycles. The van der Waals surface area contributed by atoms with Gasteiger partial charge in [0.05, 0.1) is 16.8 Å². The third-order valence-corrected chi connectivity index (χ3v) is 10.2. The lowest BCUT2D eigenvalue weighted by Gasteiger charge is -2.28. The smallest absolute Gasteiger partial charge is 0.268 e. The molecule has 1 N–H and O–H groups in total. The van der Waals surface area contributed by atoms with Gasteiger partial charge in [0.2, 0.25) is 5.91 Å². The number of carbonyl (C=O) groups excluding carboxylic acids is 1. The van der Waals surface area contributed by atoms with Crippen LogP contribution in [-0.4, -0.2) is 27.3 Å². The summed E-state index contributed by atoms with van der Waals surface area (Å²) in [5.74, 6) is 2.47. The monoisotopic (exact) mass is 521 g/mol. The maximum Gasteiger partial charge on any atom is 0.268 e. The average Bonchev–Trinajstić information content (AvgIpc) is 3.67. The van der Waals surface area contributed by atoms with Gasteiger partial charge < -0.3 is 5.32 Å². The van der Waals surface area contributed by atoms with E-state index < -0.39 is 0 Å². The molecule has 2 aliphatic rings. The van der Waals surface area contributed by atoms with Crippen LogP contribution >= 0.6 is 34.4 Å². The average molecular weight is 522 g/mol. The Morgan fingerprint density at radius 3 is 2.74 bits per heavy atom. The van der Waals surface area contributed by atoms with Gasteiger partial charge in [-0.05, 0) is 67.5 Å². The fourth-order valence-corrected chi connectivity index (χ4v) is 8.55. The van der Waals surface area contributed by atoms with Gasteiger partial charge in [0.15, 0.2) is 5.16 Å². The highest BCUT2D eigenvalue weighted by Crippen LogP contribution is 2.49. The number of nitrogens with zero attached hydrogens (tertiary/aromatic N) is 2. The minimum atomic E-state index is -0.0934. The van der Waals surface area contributed by atoms with Crippen LogP contribution in [0.2, 0.25) is 0 Å². The molecule has 3 aromatic heterocycles. The number of thiophene rings is 2. The molecule has 5 nitrogen and oxygen atoms in total. The molecule has 3 heterocycles. The van der Waals surface area contributed by atoms with Crippen molar-refractivity contribution in [2.75, 3.05) is 5.75 Å². The zero-order valence-corrected chi connectivity index (χ0v) is 21.9. The fourth-order valence-electron chi connectivity index (χ4n) is 5.93. The summed E-state index contributed by atoms with van der Waals surface area (Å²) in [6, 6.07) is 13.8. The molecular weight excluding hydrogens is 495 g/mol.